The second kappa shape index (κ2) is 11.8. The summed E-state index contributed by atoms with van der Waals surface area (Å²) in [5.74, 6) is 1.50. The molecule has 4 nitrogen and oxygen atoms in total. The summed E-state index contributed by atoms with van der Waals surface area (Å²) in [4.78, 5) is 0. The zero-order chi connectivity index (χ0) is 22.0. The third-order valence-electron chi connectivity index (χ3n) is 7.72. The Hall–Kier alpha value is -1.42. The van der Waals surface area contributed by atoms with Gasteiger partial charge < -0.3 is 5.73 Å². The molecule has 0 amide bonds. The van der Waals surface area contributed by atoms with Crippen LogP contribution in [0.1, 0.15) is 110 Å². The first-order valence-corrected chi connectivity index (χ1v) is 12.4. The zero-order valence-electron chi connectivity index (χ0n) is 20.2. The Morgan fingerprint density at radius 1 is 1.03 bits per heavy atom. The number of rotatable bonds is 14. The van der Waals surface area contributed by atoms with E-state index in [4.69, 9.17) is 5.73 Å². The van der Waals surface area contributed by atoms with Crippen LogP contribution in [0.4, 0.5) is 0 Å². The van der Waals surface area contributed by atoms with Crippen LogP contribution in [-0.4, -0.2) is 20.9 Å². The number of nitrogens with one attached hydrogen (secondary N) is 1. The van der Waals surface area contributed by atoms with Crippen LogP contribution in [-0.2, 0) is 0 Å². The first-order chi connectivity index (χ1) is 14.4. The number of aromatic amines is 1. The van der Waals surface area contributed by atoms with Crippen LogP contribution >= 0.6 is 0 Å². The highest BCUT2D eigenvalue weighted by Gasteiger charge is 2.50. The molecule has 1 aliphatic rings. The van der Waals surface area contributed by atoms with Crippen molar-refractivity contribution in [2.75, 3.05) is 0 Å². The fourth-order valence-corrected chi connectivity index (χ4v) is 5.42. The number of nitrogens with two attached hydrogens (primary N) is 1. The normalized spacial score (nSPS) is 25.2. The summed E-state index contributed by atoms with van der Waals surface area (Å²) in [5.41, 5.74) is 8.09. The topological polar surface area (TPSA) is 67.6 Å². The molecule has 0 radical (unpaired) electrons. The Labute approximate surface area is 185 Å². The van der Waals surface area contributed by atoms with Crippen LogP contribution in [0.2, 0.25) is 0 Å². The van der Waals surface area contributed by atoms with Crippen molar-refractivity contribution >= 4 is 0 Å². The number of allylic oxidation sites excluding steroid dienone is 3. The Balaban J connectivity index is 2.41. The molecule has 1 aromatic rings. The summed E-state index contributed by atoms with van der Waals surface area (Å²) < 4.78 is 0. The predicted molar refractivity (Wildman–Crippen MR) is 128 cm³/mol. The second-order valence-corrected chi connectivity index (χ2v) is 9.80. The summed E-state index contributed by atoms with van der Waals surface area (Å²) in [7, 11) is 0. The van der Waals surface area contributed by atoms with Crippen molar-refractivity contribution in [3.8, 4) is 0 Å². The number of hydrogen-bond acceptors (Lipinski definition) is 3. The Morgan fingerprint density at radius 2 is 1.63 bits per heavy atom. The van der Waals surface area contributed by atoms with Crippen molar-refractivity contribution in [2.45, 2.75) is 110 Å². The van der Waals surface area contributed by atoms with Crippen molar-refractivity contribution in [3.63, 3.8) is 0 Å². The van der Waals surface area contributed by atoms with Crippen LogP contribution in [0.25, 0.3) is 0 Å². The lowest BCUT2D eigenvalue weighted by Crippen LogP contribution is -2.58. The molecule has 2 rings (SSSR count). The van der Waals surface area contributed by atoms with Crippen molar-refractivity contribution < 1.29 is 0 Å². The van der Waals surface area contributed by atoms with Gasteiger partial charge in [0.1, 0.15) is 0 Å². The van der Waals surface area contributed by atoms with Crippen molar-refractivity contribution in [1.29, 1.82) is 0 Å². The highest BCUT2D eigenvalue weighted by atomic mass is 15.3. The number of unbranched alkanes of at least 4 members (excludes halogenated alkanes) is 2. The maximum atomic E-state index is 7.56. The minimum atomic E-state index is -0.277. The molecule has 1 aromatic heterocycles. The Bertz CT molecular complexity index is 630. The molecular formula is C26H46N4. The van der Waals surface area contributed by atoms with Gasteiger partial charge in [-0.05, 0) is 24.7 Å². The van der Waals surface area contributed by atoms with E-state index in [9.17, 15) is 0 Å². The smallest absolute Gasteiger partial charge is 0.0902 e. The molecule has 4 heteroatoms. The minimum absolute atomic E-state index is 0.151. The van der Waals surface area contributed by atoms with Gasteiger partial charge in [0, 0.05) is 16.9 Å². The number of H-pyrrole nitrogens is 1. The van der Waals surface area contributed by atoms with Crippen LogP contribution in [0.15, 0.2) is 30.5 Å². The minimum Gasteiger partial charge on any atom is -0.324 e. The molecule has 1 aliphatic carbocycles. The van der Waals surface area contributed by atoms with Crippen LogP contribution in [0.3, 0.4) is 0 Å². The molecule has 0 spiro atoms. The van der Waals surface area contributed by atoms with E-state index in [0.717, 1.165) is 18.5 Å². The van der Waals surface area contributed by atoms with Crippen molar-refractivity contribution in [3.05, 3.63) is 36.2 Å². The second-order valence-electron chi connectivity index (χ2n) is 9.80. The first kappa shape index (κ1) is 24.8. The highest BCUT2D eigenvalue weighted by Crippen LogP contribution is 2.52. The van der Waals surface area contributed by atoms with Gasteiger partial charge in [-0.25, -0.2) is 0 Å². The standard InChI is InChI=1S/C26H46N4/c1-6-10-14-21(8-3)18-26(27,19-22(9-4)15-11-7-2)25(5)17-13-12-16-23(25)24-20-28-30-29-24/h12-13,16-17,20-23H,6-11,14-15,18-19,27H2,1-5H3,(H,28,29,30). The average Bonchev–Trinajstić information content (AvgIpc) is 3.28. The van der Waals surface area contributed by atoms with E-state index in [1.54, 1.807) is 0 Å². The molecule has 30 heavy (non-hydrogen) atoms. The van der Waals surface area contributed by atoms with Crippen LogP contribution in [0, 0.1) is 17.3 Å². The molecule has 0 fully saturated rings. The van der Waals surface area contributed by atoms with E-state index in [1.165, 1.54) is 51.4 Å². The highest BCUT2D eigenvalue weighted by molar-refractivity contribution is 5.33. The fraction of sp³-hybridized carbons (Fsp3) is 0.769. The third-order valence-corrected chi connectivity index (χ3v) is 7.72. The van der Waals surface area contributed by atoms with Gasteiger partial charge in [0.05, 0.1) is 11.9 Å². The van der Waals surface area contributed by atoms with E-state index >= 15 is 0 Å². The third kappa shape index (κ3) is 5.84. The molecule has 4 atom stereocenters. The molecule has 0 aliphatic heterocycles. The van der Waals surface area contributed by atoms with E-state index < -0.39 is 0 Å². The lowest BCUT2D eigenvalue weighted by atomic mass is 9.56. The van der Waals surface area contributed by atoms with Gasteiger partial charge >= 0.3 is 0 Å². The lowest BCUT2D eigenvalue weighted by molar-refractivity contribution is 0.100. The quantitative estimate of drug-likeness (QED) is 0.347. The van der Waals surface area contributed by atoms with E-state index in [0.29, 0.717) is 11.8 Å². The summed E-state index contributed by atoms with van der Waals surface area (Å²) >= 11 is 0. The molecule has 1 heterocycles. The average molecular weight is 415 g/mol. The van der Waals surface area contributed by atoms with E-state index in [-0.39, 0.29) is 16.9 Å². The maximum Gasteiger partial charge on any atom is 0.0902 e. The summed E-state index contributed by atoms with van der Waals surface area (Å²) in [6.45, 7) is 11.6. The van der Waals surface area contributed by atoms with E-state index in [2.05, 4.69) is 74.3 Å². The van der Waals surface area contributed by atoms with Gasteiger partial charge in [-0.2, -0.15) is 15.4 Å². The van der Waals surface area contributed by atoms with Gasteiger partial charge in [-0.15, -0.1) is 0 Å². The largest absolute Gasteiger partial charge is 0.324 e. The molecule has 3 N–H and O–H groups in total. The zero-order valence-corrected chi connectivity index (χ0v) is 20.2. The molecule has 0 saturated carbocycles. The number of aromatic nitrogens is 3. The molecule has 4 unspecified atom stereocenters. The van der Waals surface area contributed by atoms with Crippen molar-refractivity contribution in [2.24, 2.45) is 23.0 Å². The molecule has 0 bridgehead atoms. The van der Waals surface area contributed by atoms with Gasteiger partial charge in [0.2, 0.25) is 0 Å². The van der Waals surface area contributed by atoms with E-state index in [1.807, 2.05) is 6.20 Å². The van der Waals surface area contributed by atoms with Gasteiger partial charge in [-0.3, -0.25) is 0 Å². The summed E-state index contributed by atoms with van der Waals surface area (Å²) in [5, 5.41) is 11.4. The maximum absolute atomic E-state index is 7.56. The molecule has 0 aromatic carbocycles. The molecular weight excluding hydrogens is 368 g/mol. The van der Waals surface area contributed by atoms with Crippen molar-refractivity contribution in [1.82, 2.24) is 15.4 Å². The molecule has 0 saturated heterocycles. The number of nitrogens with zero attached hydrogens (tertiary/aromatic N) is 2. The van der Waals surface area contributed by atoms with Crippen LogP contribution in [0.5, 0.6) is 0 Å². The summed E-state index contributed by atoms with van der Waals surface area (Å²) in [6.07, 6.45) is 23.1. The molecule has 170 valence electrons. The Kier molecular flexibility index (Phi) is 9.80. The van der Waals surface area contributed by atoms with Gasteiger partial charge in [-0.1, -0.05) is 110 Å². The monoisotopic (exact) mass is 414 g/mol. The predicted octanol–water partition coefficient (Wildman–Crippen LogP) is 6.93. The van der Waals surface area contributed by atoms with Crippen LogP contribution < -0.4 is 5.73 Å². The SMILES string of the molecule is CCCCC(CC)CC(N)(CC(CC)CCCC)C1(C)C=CC=CC1c1cn[nH]n1. The number of hydrogen-bond donors (Lipinski definition) is 2. The first-order valence-electron chi connectivity index (χ1n) is 12.4. The fourth-order valence-electron chi connectivity index (χ4n) is 5.42. The summed E-state index contributed by atoms with van der Waals surface area (Å²) in [6, 6.07) is 0. The van der Waals surface area contributed by atoms with Gasteiger partial charge in [0.15, 0.2) is 0 Å². The van der Waals surface area contributed by atoms with Gasteiger partial charge in [0.25, 0.3) is 0 Å². The Morgan fingerprint density at radius 3 is 2.10 bits per heavy atom. The lowest BCUT2D eigenvalue weighted by Gasteiger charge is -2.52.